The van der Waals surface area contributed by atoms with Crippen LogP contribution in [-0.2, 0) is 0 Å². The highest BCUT2D eigenvalue weighted by Gasteiger charge is 2.16. The van der Waals surface area contributed by atoms with Crippen LogP contribution in [0.3, 0.4) is 0 Å². The van der Waals surface area contributed by atoms with Crippen LogP contribution in [0.1, 0.15) is 24.1 Å². The molecule has 0 aliphatic carbocycles. The molecule has 0 aliphatic heterocycles. The smallest absolute Gasteiger partial charge is 0.0629 e. The van der Waals surface area contributed by atoms with Crippen molar-refractivity contribution in [3.8, 4) is 0 Å². The van der Waals surface area contributed by atoms with E-state index >= 15 is 0 Å². The maximum absolute atomic E-state index is 2.16. The zero-order chi connectivity index (χ0) is 12.9. The van der Waals surface area contributed by atoms with Crippen molar-refractivity contribution in [2.45, 2.75) is 7.43 Å². The second-order valence-corrected chi connectivity index (χ2v) is 4.47. The highest BCUT2D eigenvalue weighted by Crippen LogP contribution is 2.30. The SMILES string of the molecule is C.c1ccc([C](c2ccccc2)c2ccccc2)cc1. The van der Waals surface area contributed by atoms with Crippen molar-refractivity contribution < 1.29 is 0 Å². The van der Waals surface area contributed by atoms with Crippen LogP contribution in [0.15, 0.2) is 91.0 Å². The summed E-state index contributed by atoms with van der Waals surface area (Å²) >= 11 is 0. The Kier molecular flexibility index (Phi) is 4.73. The van der Waals surface area contributed by atoms with Crippen molar-refractivity contribution in [3.63, 3.8) is 0 Å². The third-order valence-electron chi connectivity index (χ3n) is 3.19. The van der Waals surface area contributed by atoms with Gasteiger partial charge in [-0.3, -0.25) is 0 Å². The van der Waals surface area contributed by atoms with Gasteiger partial charge < -0.3 is 0 Å². The predicted octanol–water partition coefficient (Wildman–Crippen LogP) is 5.34. The number of rotatable bonds is 3. The second-order valence-electron chi connectivity index (χ2n) is 4.47. The first-order chi connectivity index (χ1) is 9.45. The van der Waals surface area contributed by atoms with E-state index in [1.54, 1.807) is 0 Å². The van der Waals surface area contributed by atoms with E-state index in [0.717, 1.165) is 0 Å². The average molecular weight is 259 g/mol. The fourth-order valence-corrected chi connectivity index (χ4v) is 2.31. The number of hydrogen-bond acceptors (Lipinski definition) is 0. The molecular formula is C20H19. The maximum atomic E-state index is 2.16. The Morgan fingerprint density at radius 1 is 0.400 bits per heavy atom. The molecule has 0 N–H and O–H groups in total. The summed E-state index contributed by atoms with van der Waals surface area (Å²) in [5, 5.41) is 0. The van der Waals surface area contributed by atoms with E-state index < -0.39 is 0 Å². The normalized spacial score (nSPS) is 10.1. The Morgan fingerprint density at radius 2 is 0.650 bits per heavy atom. The van der Waals surface area contributed by atoms with Gasteiger partial charge >= 0.3 is 0 Å². The van der Waals surface area contributed by atoms with E-state index in [4.69, 9.17) is 0 Å². The summed E-state index contributed by atoms with van der Waals surface area (Å²) in [6.07, 6.45) is 0. The van der Waals surface area contributed by atoms with Crippen molar-refractivity contribution >= 4 is 0 Å². The molecule has 0 bridgehead atoms. The Hall–Kier alpha value is -2.34. The molecule has 0 aromatic heterocycles. The van der Waals surface area contributed by atoms with Crippen molar-refractivity contribution in [2.24, 2.45) is 0 Å². The van der Waals surface area contributed by atoms with Gasteiger partial charge in [-0.05, 0) is 16.7 Å². The lowest BCUT2D eigenvalue weighted by Gasteiger charge is -2.17. The largest absolute Gasteiger partial charge is 0.0776 e. The molecule has 0 nitrogen and oxygen atoms in total. The summed E-state index contributed by atoms with van der Waals surface area (Å²) in [5.41, 5.74) is 3.75. The minimum Gasteiger partial charge on any atom is -0.0776 e. The van der Waals surface area contributed by atoms with Gasteiger partial charge in [0.15, 0.2) is 0 Å². The first kappa shape index (κ1) is 14.1. The van der Waals surface area contributed by atoms with Crippen molar-refractivity contribution in [1.29, 1.82) is 0 Å². The topological polar surface area (TPSA) is 0 Å². The molecule has 0 saturated carbocycles. The van der Waals surface area contributed by atoms with Gasteiger partial charge in [-0.1, -0.05) is 98.4 Å². The van der Waals surface area contributed by atoms with Gasteiger partial charge in [-0.25, -0.2) is 0 Å². The van der Waals surface area contributed by atoms with Gasteiger partial charge in [0, 0.05) is 0 Å². The monoisotopic (exact) mass is 259 g/mol. The molecule has 0 atom stereocenters. The summed E-state index contributed by atoms with van der Waals surface area (Å²) < 4.78 is 0. The molecule has 0 aliphatic rings. The quantitative estimate of drug-likeness (QED) is 0.557. The van der Waals surface area contributed by atoms with Crippen molar-refractivity contribution in [1.82, 2.24) is 0 Å². The molecule has 1 radical (unpaired) electrons. The van der Waals surface area contributed by atoms with Gasteiger partial charge in [0.05, 0.1) is 5.92 Å². The zero-order valence-electron chi connectivity index (χ0n) is 10.7. The van der Waals surface area contributed by atoms with Crippen LogP contribution in [-0.4, -0.2) is 0 Å². The van der Waals surface area contributed by atoms with Crippen LogP contribution in [0.5, 0.6) is 0 Å². The minimum atomic E-state index is 0. The summed E-state index contributed by atoms with van der Waals surface area (Å²) in [7, 11) is 0. The van der Waals surface area contributed by atoms with E-state index in [9.17, 15) is 0 Å². The fraction of sp³-hybridized carbons (Fsp3) is 0.0500. The molecule has 3 aromatic rings. The Labute approximate surface area is 121 Å². The van der Waals surface area contributed by atoms with Gasteiger partial charge in [0.25, 0.3) is 0 Å². The maximum Gasteiger partial charge on any atom is 0.0629 e. The molecule has 99 valence electrons. The van der Waals surface area contributed by atoms with E-state index in [1.165, 1.54) is 22.6 Å². The Bertz CT molecular complexity index is 518. The first-order valence-corrected chi connectivity index (χ1v) is 6.48. The summed E-state index contributed by atoms with van der Waals surface area (Å²) in [6.45, 7) is 0. The number of hydrogen-bond donors (Lipinski definition) is 0. The lowest BCUT2D eigenvalue weighted by Crippen LogP contribution is -2.03. The molecular weight excluding hydrogens is 240 g/mol. The van der Waals surface area contributed by atoms with Gasteiger partial charge in [0.1, 0.15) is 0 Å². The van der Waals surface area contributed by atoms with E-state index in [1.807, 2.05) is 0 Å². The fourth-order valence-electron chi connectivity index (χ4n) is 2.31. The van der Waals surface area contributed by atoms with E-state index in [2.05, 4.69) is 91.0 Å². The lowest BCUT2D eigenvalue weighted by atomic mass is 9.85. The molecule has 0 heterocycles. The third kappa shape index (κ3) is 2.97. The minimum absolute atomic E-state index is 0. The zero-order valence-corrected chi connectivity index (χ0v) is 10.7. The van der Waals surface area contributed by atoms with Gasteiger partial charge in [0.2, 0.25) is 0 Å². The molecule has 0 amide bonds. The first-order valence-electron chi connectivity index (χ1n) is 6.48. The second kappa shape index (κ2) is 6.72. The van der Waals surface area contributed by atoms with Crippen LogP contribution in [0.25, 0.3) is 0 Å². The molecule has 0 spiro atoms. The summed E-state index contributed by atoms with van der Waals surface area (Å²) in [6, 6.07) is 31.6. The molecule has 0 saturated heterocycles. The van der Waals surface area contributed by atoms with Crippen LogP contribution in [0, 0.1) is 5.92 Å². The van der Waals surface area contributed by atoms with Crippen LogP contribution in [0.2, 0.25) is 0 Å². The third-order valence-corrected chi connectivity index (χ3v) is 3.19. The highest BCUT2D eigenvalue weighted by molar-refractivity contribution is 5.56. The molecule has 0 heteroatoms. The van der Waals surface area contributed by atoms with Crippen molar-refractivity contribution in [3.05, 3.63) is 114 Å². The lowest BCUT2D eigenvalue weighted by molar-refractivity contribution is 1.23. The predicted molar refractivity (Wildman–Crippen MR) is 86.6 cm³/mol. The Balaban J connectivity index is 0.00000147. The standard InChI is InChI=1S/C19H15.CH4/c1-4-10-16(11-5-1)19(17-12-6-2-7-13-17)18-14-8-3-9-15-18;/h1-15H;1H4. The summed E-state index contributed by atoms with van der Waals surface area (Å²) in [4.78, 5) is 0. The highest BCUT2D eigenvalue weighted by atomic mass is 14.2. The van der Waals surface area contributed by atoms with Crippen LogP contribution < -0.4 is 0 Å². The van der Waals surface area contributed by atoms with E-state index in [0.29, 0.717) is 0 Å². The van der Waals surface area contributed by atoms with Gasteiger partial charge in [-0.15, -0.1) is 0 Å². The summed E-state index contributed by atoms with van der Waals surface area (Å²) in [5.74, 6) is 1.28. The van der Waals surface area contributed by atoms with Crippen LogP contribution in [0.4, 0.5) is 0 Å². The molecule has 3 aromatic carbocycles. The molecule has 20 heavy (non-hydrogen) atoms. The molecule has 3 rings (SSSR count). The average Bonchev–Trinajstić information content (AvgIpc) is 2.51. The van der Waals surface area contributed by atoms with Gasteiger partial charge in [-0.2, -0.15) is 0 Å². The molecule has 0 fully saturated rings. The van der Waals surface area contributed by atoms with Crippen molar-refractivity contribution in [2.75, 3.05) is 0 Å². The van der Waals surface area contributed by atoms with Crippen LogP contribution >= 0.6 is 0 Å². The Morgan fingerprint density at radius 3 is 0.900 bits per heavy atom. The number of benzene rings is 3. The molecule has 0 unspecified atom stereocenters. The van der Waals surface area contributed by atoms with E-state index in [-0.39, 0.29) is 7.43 Å².